The molecule has 148 valence electrons. The highest BCUT2D eigenvalue weighted by molar-refractivity contribution is 5.97. The van der Waals surface area contributed by atoms with Gasteiger partial charge in [0.25, 0.3) is 11.8 Å². The Morgan fingerprint density at radius 1 is 1.34 bits per heavy atom. The molecule has 1 aliphatic heterocycles. The fourth-order valence-corrected chi connectivity index (χ4v) is 3.27. The smallest absolute Gasteiger partial charge is 0.268 e. The molecule has 9 heteroatoms. The zero-order valence-corrected chi connectivity index (χ0v) is 15.5. The molecule has 3 rings (SSSR count). The summed E-state index contributed by atoms with van der Waals surface area (Å²) in [7, 11) is 0. The van der Waals surface area contributed by atoms with Gasteiger partial charge in [-0.05, 0) is 30.7 Å². The number of nitrogens with one attached hydrogen (secondary N) is 2. The molecule has 1 aromatic carbocycles. The van der Waals surface area contributed by atoms with Gasteiger partial charge in [0.15, 0.2) is 0 Å². The molecule has 1 saturated heterocycles. The Morgan fingerprint density at radius 3 is 2.76 bits per heavy atom. The van der Waals surface area contributed by atoms with Crippen LogP contribution in [-0.4, -0.2) is 46.8 Å². The average molecular weight is 397 g/mol. The SMILES string of the molecule is Cc1cc(C#N)ccc1-c1cc(C(=O)NCC(=O)N2CC(F)(F)C[C@H]2C#N)c[nH]1. The number of aromatic nitrogens is 1. The summed E-state index contributed by atoms with van der Waals surface area (Å²) < 4.78 is 26.9. The van der Waals surface area contributed by atoms with Gasteiger partial charge in [0, 0.05) is 23.9 Å². The molecule has 0 saturated carbocycles. The molecule has 29 heavy (non-hydrogen) atoms. The van der Waals surface area contributed by atoms with Crippen molar-refractivity contribution in [1.29, 1.82) is 10.5 Å². The first kappa shape index (κ1) is 20.0. The molecule has 1 aliphatic rings. The van der Waals surface area contributed by atoms with E-state index in [1.807, 2.05) is 6.92 Å². The Bertz CT molecular complexity index is 1050. The first-order valence-corrected chi connectivity index (χ1v) is 8.79. The van der Waals surface area contributed by atoms with Crippen LogP contribution in [0.1, 0.15) is 27.9 Å². The average Bonchev–Trinajstić information content (AvgIpc) is 3.29. The van der Waals surface area contributed by atoms with Crippen molar-refractivity contribution in [3.8, 4) is 23.4 Å². The monoisotopic (exact) mass is 397 g/mol. The van der Waals surface area contributed by atoms with Crippen LogP contribution in [0.4, 0.5) is 8.78 Å². The highest BCUT2D eigenvalue weighted by Gasteiger charge is 2.47. The number of nitriles is 2. The van der Waals surface area contributed by atoms with E-state index in [0.717, 1.165) is 16.0 Å². The molecule has 0 spiro atoms. The normalized spacial score (nSPS) is 17.4. The fourth-order valence-electron chi connectivity index (χ4n) is 3.27. The van der Waals surface area contributed by atoms with Gasteiger partial charge in [0.2, 0.25) is 5.91 Å². The summed E-state index contributed by atoms with van der Waals surface area (Å²) in [5.41, 5.74) is 3.12. The largest absolute Gasteiger partial charge is 0.360 e. The van der Waals surface area contributed by atoms with Gasteiger partial charge in [-0.15, -0.1) is 0 Å². The van der Waals surface area contributed by atoms with Gasteiger partial charge < -0.3 is 15.2 Å². The second-order valence-corrected chi connectivity index (χ2v) is 6.85. The number of benzene rings is 1. The van der Waals surface area contributed by atoms with Crippen LogP contribution in [0.15, 0.2) is 30.5 Å². The summed E-state index contributed by atoms with van der Waals surface area (Å²) in [5.74, 6) is -4.39. The summed E-state index contributed by atoms with van der Waals surface area (Å²) in [5, 5.41) is 20.3. The molecule has 1 fully saturated rings. The number of carbonyl (C=O) groups is 2. The van der Waals surface area contributed by atoms with Crippen molar-refractivity contribution in [3.05, 3.63) is 47.2 Å². The van der Waals surface area contributed by atoms with E-state index in [4.69, 9.17) is 10.5 Å². The third kappa shape index (κ3) is 4.25. The second-order valence-electron chi connectivity index (χ2n) is 6.85. The lowest BCUT2D eigenvalue weighted by molar-refractivity contribution is -0.131. The number of likely N-dealkylation sites (tertiary alicyclic amines) is 1. The number of halogens is 2. The molecule has 0 bridgehead atoms. The van der Waals surface area contributed by atoms with E-state index in [9.17, 15) is 18.4 Å². The van der Waals surface area contributed by atoms with E-state index >= 15 is 0 Å². The van der Waals surface area contributed by atoms with Crippen molar-refractivity contribution in [2.75, 3.05) is 13.1 Å². The van der Waals surface area contributed by atoms with Crippen molar-refractivity contribution < 1.29 is 18.4 Å². The molecule has 2 heterocycles. The maximum atomic E-state index is 13.4. The van der Waals surface area contributed by atoms with Crippen LogP contribution in [-0.2, 0) is 4.79 Å². The number of nitrogens with zero attached hydrogens (tertiary/aromatic N) is 3. The first-order chi connectivity index (χ1) is 13.7. The topological polar surface area (TPSA) is 113 Å². The Morgan fingerprint density at radius 2 is 2.10 bits per heavy atom. The van der Waals surface area contributed by atoms with Gasteiger partial charge in [0.1, 0.15) is 6.04 Å². The Hall–Kier alpha value is -3.72. The van der Waals surface area contributed by atoms with E-state index in [1.165, 1.54) is 6.20 Å². The van der Waals surface area contributed by atoms with E-state index in [0.29, 0.717) is 11.3 Å². The second kappa shape index (κ2) is 7.72. The summed E-state index contributed by atoms with van der Waals surface area (Å²) in [6.07, 6.45) is 0.767. The van der Waals surface area contributed by atoms with Gasteiger partial charge >= 0.3 is 0 Å². The van der Waals surface area contributed by atoms with Crippen molar-refractivity contribution in [1.82, 2.24) is 15.2 Å². The minimum absolute atomic E-state index is 0.264. The summed E-state index contributed by atoms with van der Waals surface area (Å²) in [6, 6.07) is 9.30. The minimum Gasteiger partial charge on any atom is -0.360 e. The van der Waals surface area contributed by atoms with Crippen LogP contribution in [0, 0.1) is 29.6 Å². The number of amides is 2. The van der Waals surface area contributed by atoms with Crippen LogP contribution in [0.25, 0.3) is 11.3 Å². The zero-order chi connectivity index (χ0) is 21.2. The van der Waals surface area contributed by atoms with E-state index in [2.05, 4.69) is 16.4 Å². The van der Waals surface area contributed by atoms with Crippen LogP contribution in [0.3, 0.4) is 0 Å². The van der Waals surface area contributed by atoms with Crippen molar-refractivity contribution >= 4 is 11.8 Å². The third-order valence-electron chi connectivity index (χ3n) is 4.73. The van der Waals surface area contributed by atoms with Crippen molar-refractivity contribution in [2.24, 2.45) is 0 Å². The zero-order valence-electron chi connectivity index (χ0n) is 15.5. The summed E-state index contributed by atoms with van der Waals surface area (Å²) in [4.78, 5) is 28.2. The molecule has 0 radical (unpaired) electrons. The number of H-pyrrole nitrogens is 1. The Kier molecular flexibility index (Phi) is 5.33. The van der Waals surface area contributed by atoms with E-state index in [1.54, 1.807) is 30.3 Å². The number of aryl methyl sites for hydroxylation is 1. The maximum Gasteiger partial charge on any atom is 0.268 e. The third-order valence-corrected chi connectivity index (χ3v) is 4.73. The highest BCUT2D eigenvalue weighted by Crippen LogP contribution is 2.31. The van der Waals surface area contributed by atoms with Crippen molar-refractivity contribution in [3.63, 3.8) is 0 Å². The molecule has 7 nitrogen and oxygen atoms in total. The van der Waals surface area contributed by atoms with Crippen LogP contribution in [0.2, 0.25) is 0 Å². The van der Waals surface area contributed by atoms with Gasteiger partial charge in [0.05, 0.1) is 36.4 Å². The summed E-state index contributed by atoms with van der Waals surface area (Å²) >= 11 is 0. The number of rotatable bonds is 4. The van der Waals surface area contributed by atoms with Crippen LogP contribution < -0.4 is 5.32 Å². The quantitative estimate of drug-likeness (QED) is 0.824. The molecular weight excluding hydrogens is 380 g/mol. The van der Waals surface area contributed by atoms with Crippen LogP contribution in [0.5, 0.6) is 0 Å². The standard InChI is InChI=1S/C20H17F2N5O2/c1-12-4-13(7-23)2-3-16(12)17-5-14(9-25-17)19(29)26-10-18(28)27-11-20(21,22)6-15(27)8-24/h2-5,9,15,25H,6,10-11H2,1H3,(H,26,29)/t15-/m0/s1. The van der Waals surface area contributed by atoms with E-state index < -0.39 is 43.3 Å². The number of carbonyl (C=O) groups excluding carboxylic acids is 2. The van der Waals surface area contributed by atoms with Crippen molar-refractivity contribution in [2.45, 2.75) is 25.3 Å². The maximum absolute atomic E-state index is 13.4. The molecule has 0 unspecified atom stereocenters. The molecule has 0 aliphatic carbocycles. The lowest BCUT2D eigenvalue weighted by Gasteiger charge is -2.19. The van der Waals surface area contributed by atoms with Gasteiger partial charge in [-0.25, -0.2) is 8.78 Å². The van der Waals surface area contributed by atoms with Gasteiger partial charge in [-0.3, -0.25) is 9.59 Å². The van der Waals surface area contributed by atoms with E-state index in [-0.39, 0.29) is 5.56 Å². The first-order valence-electron chi connectivity index (χ1n) is 8.79. The highest BCUT2D eigenvalue weighted by atomic mass is 19.3. The molecule has 1 atom stereocenters. The molecule has 2 N–H and O–H groups in total. The van der Waals surface area contributed by atoms with Gasteiger partial charge in [-0.2, -0.15) is 10.5 Å². The number of alkyl halides is 2. The lowest BCUT2D eigenvalue weighted by atomic mass is 10.0. The molecular formula is C20H17F2N5O2. The number of hydrogen-bond donors (Lipinski definition) is 2. The predicted octanol–water partition coefficient (Wildman–Crippen LogP) is 2.35. The Balaban J connectivity index is 1.65. The molecule has 2 aromatic rings. The van der Waals surface area contributed by atoms with Gasteiger partial charge in [-0.1, -0.05) is 6.07 Å². The molecule has 2 amide bonds. The van der Waals surface area contributed by atoms with Crippen LogP contribution >= 0.6 is 0 Å². The lowest BCUT2D eigenvalue weighted by Crippen LogP contribution is -2.42. The number of aromatic amines is 1. The Labute approximate surface area is 165 Å². The fraction of sp³-hybridized carbons (Fsp3) is 0.300. The summed E-state index contributed by atoms with van der Waals surface area (Å²) in [6.45, 7) is 0.530. The number of hydrogen-bond acceptors (Lipinski definition) is 4. The minimum atomic E-state index is -3.10. The molecule has 1 aromatic heterocycles. The predicted molar refractivity (Wildman–Crippen MR) is 98.7 cm³/mol.